The van der Waals surface area contributed by atoms with Gasteiger partial charge in [0.15, 0.2) is 15.0 Å². The predicted octanol–water partition coefficient (Wildman–Crippen LogP) is 2.91. The van der Waals surface area contributed by atoms with Crippen LogP contribution in [0.1, 0.15) is 17.1 Å². The minimum absolute atomic E-state index is 0.180. The van der Waals surface area contributed by atoms with Crippen LogP contribution >= 0.6 is 39.0 Å². The smallest absolute Gasteiger partial charge is 0.191 e. The molecule has 1 aliphatic heterocycles. The molecule has 1 atom stereocenters. The monoisotopic (exact) mass is 421 g/mol. The standard InChI is InChI=1S/C13H16BrN3O2S3/c1-17-12(6-9-4-5-22(18,19)8-9)15-16-13(17)20-7-10-2-3-11(14)21-10/h2-3,9H,4-8H2,1H3. The molecule has 0 radical (unpaired) electrons. The Morgan fingerprint density at radius 3 is 2.91 bits per heavy atom. The van der Waals surface area contributed by atoms with Crippen LogP contribution < -0.4 is 0 Å². The fourth-order valence-corrected chi connectivity index (χ4v) is 6.82. The molecule has 5 nitrogen and oxygen atoms in total. The number of rotatable bonds is 5. The van der Waals surface area contributed by atoms with Crippen molar-refractivity contribution in [3.63, 3.8) is 0 Å². The summed E-state index contributed by atoms with van der Waals surface area (Å²) in [5.74, 6) is 2.51. The number of sulfone groups is 1. The van der Waals surface area contributed by atoms with Gasteiger partial charge in [-0.05, 0) is 40.4 Å². The van der Waals surface area contributed by atoms with Crippen molar-refractivity contribution >= 4 is 48.9 Å². The van der Waals surface area contributed by atoms with Crippen LogP contribution in [-0.2, 0) is 29.1 Å². The molecule has 0 N–H and O–H groups in total. The Morgan fingerprint density at radius 2 is 2.27 bits per heavy atom. The number of thiophene rings is 1. The summed E-state index contributed by atoms with van der Waals surface area (Å²) in [5.41, 5.74) is 0. The van der Waals surface area contributed by atoms with Crippen molar-refractivity contribution in [3.8, 4) is 0 Å². The summed E-state index contributed by atoms with van der Waals surface area (Å²) in [6.45, 7) is 0. The highest BCUT2D eigenvalue weighted by atomic mass is 79.9. The van der Waals surface area contributed by atoms with Gasteiger partial charge in [-0.2, -0.15) is 0 Å². The molecule has 22 heavy (non-hydrogen) atoms. The molecular weight excluding hydrogens is 406 g/mol. The summed E-state index contributed by atoms with van der Waals surface area (Å²) in [4.78, 5) is 1.28. The summed E-state index contributed by atoms with van der Waals surface area (Å²) in [5, 5.41) is 9.35. The lowest BCUT2D eigenvalue weighted by atomic mass is 10.1. The maximum atomic E-state index is 11.5. The third-order valence-corrected chi connectivity index (χ3v) is 8.41. The van der Waals surface area contributed by atoms with Gasteiger partial charge in [0, 0.05) is 24.1 Å². The second-order valence-electron chi connectivity index (χ2n) is 5.43. The first kappa shape index (κ1) is 16.5. The van der Waals surface area contributed by atoms with Crippen LogP contribution in [0.2, 0.25) is 0 Å². The van der Waals surface area contributed by atoms with E-state index in [0.29, 0.717) is 12.2 Å². The van der Waals surface area contributed by atoms with Gasteiger partial charge < -0.3 is 4.57 Å². The quantitative estimate of drug-likeness (QED) is 0.694. The van der Waals surface area contributed by atoms with E-state index >= 15 is 0 Å². The molecule has 3 heterocycles. The van der Waals surface area contributed by atoms with Crippen LogP contribution in [-0.4, -0.2) is 34.7 Å². The van der Waals surface area contributed by atoms with E-state index < -0.39 is 9.84 Å². The van der Waals surface area contributed by atoms with E-state index in [4.69, 9.17) is 0 Å². The van der Waals surface area contributed by atoms with Crippen molar-refractivity contribution < 1.29 is 8.42 Å². The lowest BCUT2D eigenvalue weighted by Gasteiger charge is -2.07. The third kappa shape index (κ3) is 3.93. The highest BCUT2D eigenvalue weighted by molar-refractivity contribution is 9.11. The Balaban J connectivity index is 1.62. The van der Waals surface area contributed by atoms with Crippen LogP contribution in [0.4, 0.5) is 0 Å². The SMILES string of the molecule is Cn1c(CC2CCS(=O)(=O)C2)nnc1SCc1ccc(Br)s1. The number of halogens is 1. The topological polar surface area (TPSA) is 64.8 Å². The van der Waals surface area contributed by atoms with Crippen molar-refractivity contribution in [1.82, 2.24) is 14.8 Å². The summed E-state index contributed by atoms with van der Waals surface area (Å²) in [7, 11) is -0.881. The first-order valence-electron chi connectivity index (χ1n) is 6.88. The van der Waals surface area contributed by atoms with Gasteiger partial charge in [-0.1, -0.05) is 11.8 Å². The van der Waals surface area contributed by atoms with Crippen LogP contribution in [0, 0.1) is 5.92 Å². The van der Waals surface area contributed by atoms with Gasteiger partial charge in [-0.25, -0.2) is 8.42 Å². The van der Waals surface area contributed by atoms with Gasteiger partial charge in [0.2, 0.25) is 0 Å². The second-order valence-corrected chi connectivity index (χ2v) is 11.1. The van der Waals surface area contributed by atoms with Gasteiger partial charge in [0.05, 0.1) is 15.3 Å². The van der Waals surface area contributed by atoms with Gasteiger partial charge in [0.25, 0.3) is 0 Å². The van der Waals surface area contributed by atoms with Crippen LogP contribution in [0.25, 0.3) is 0 Å². The maximum absolute atomic E-state index is 11.5. The molecule has 0 spiro atoms. The van der Waals surface area contributed by atoms with Crippen molar-refractivity contribution in [2.75, 3.05) is 11.5 Å². The average molecular weight is 422 g/mol. The van der Waals surface area contributed by atoms with Crippen LogP contribution in [0.5, 0.6) is 0 Å². The van der Waals surface area contributed by atoms with Gasteiger partial charge in [-0.15, -0.1) is 21.5 Å². The fourth-order valence-electron chi connectivity index (χ4n) is 2.50. The summed E-state index contributed by atoms with van der Waals surface area (Å²) in [6.07, 6.45) is 1.43. The molecule has 2 aromatic heterocycles. The first-order valence-corrected chi connectivity index (χ1v) is 11.3. The molecule has 120 valence electrons. The summed E-state index contributed by atoms with van der Waals surface area (Å²) < 4.78 is 26.2. The lowest BCUT2D eigenvalue weighted by molar-refractivity contribution is 0.552. The van der Waals surface area contributed by atoms with E-state index in [1.54, 1.807) is 23.1 Å². The minimum atomic E-state index is -2.83. The average Bonchev–Trinajstić information content (AvgIpc) is 3.11. The van der Waals surface area contributed by atoms with Crippen molar-refractivity contribution in [2.45, 2.75) is 23.8 Å². The number of thioether (sulfide) groups is 1. The molecule has 0 aliphatic carbocycles. The number of hydrogen-bond donors (Lipinski definition) is 0. The Hall–Kier alpha value is -0.380. The zero-order chi connectivity index (χ0) is 15.7. The Morgan fingerprint density at radius 1 is 1.45 bits per heavy atom. The maximum Gasteiger partial charge on any atom is 0.191 e. The van der Waals surface area contributed by atoms with Crippen LogP contribution in [0.15, 0.2) is 21.1 Å². The molecule has 0 bridgehead atoms. The first-order chi connectivity index (χ1) is 10.4. The molecule has 1 fully saturated rings. The predicted molar refractivity (Wildman–Crippen MR) is 93.0 cm³/mol. The van der Waals surface area contributed by atoms with E-state index in [2.05, 4.69) is 32.2 Å². The second kappa shape index (κ2) is 6.62. The molecule has 2 aromatic rings. The highest BCUT2D eigenvalue weighted by Gasteiger charge is 2.29. The molecule has 1 saturated heterocycles. The van der Waals surface area contributed by atoms with Gasteiger partial charge >= 0.3 is 0 Å². The van der Waals surface area contributed by atoms with E-state index in [1.165, 1.54) is 4.88 Å². The highest BCUT2D eigenvalue weighted by Crippen LogP contribution is 2.29. The van der Waals surface area contributed by atoms with Crippen molar-refractivity contribution in [2.24, 2.45) is 13.0 Å². The molecule has 9 heteroatoms. The molecule has 3 rings (SSSR count). The Bertz CT molecular complexity index is 769. The third-order valence-electron chi connectivity index (χ3n) is 3.70. The normalized spacial score (nSPS) is 20.5. The minimum Gasteiger partial charge on any atom is -0.309 e. The Labute approximate surface area is 146 Å². The number of aromatic nitrogens is 3. The van der Waals surface area contributed by atoms with Gasteiger partial charge in [-0.3, -0.25) is 0 Å². The van der Waals surface area contributed by atoms with E-state index in [9.17, 15) is 8.42 Å². The zero-order valence-corrected chi connectivity index (χ0v) is 16.1. The molecule has 0 amide bonds. The Kier molecular flexibility index (Phi) is 4.96. The molecule has 1 unspecified atom stereocenters. The molecule has 1 aliphatic rings. The molecule has 0 saturated carbocycles. The summed E-state index contributed by atoms with van der Waals surface area (Å²) >= 11 is 6.83. The van der Waals surface area contributed by atoms with Gasteiger partial charge in [0.1, 0.15) is 5.82 Å². The van der Waals surface area contributed by atoms with Crippen LogP contribution in [0.3, 0.4) is 0 Å². The number of hydrogen-bond acceptors (Lipinski definition) is 6. The van der Waals surface area contributed by atoms with Crippen molar-refractivity contribution in [3.05, 3.63) is 26.6 Å². The molecular formula is C13H16BrN3O2S3. The summed E-state index contributed by atoms with van der Waals surface area (Å²) in [6, 6.07) is 4.14. The van der Waals surface area contributed by atoms with Crippen molar-refractivity contribution in [1.29, 1.82) is 0 Å². The number of nitrogens with zero attached hydrogens (tertiary/aromatic N) is 3. The lowest BCUT2D eigenvalue weighted by Crippen LogP contribution is -2.11. The fraction of sp³-hybridized carbons (Fsp3) is 0.538. The molecule has 0 aromatic carbocycles. The van der Waals surface area contributed by atoms with E-state index in [0.717, 1.165) is 26.9 Å². The van der Waals surface area contributed by atoms with E-state index in [-0.39, 0.29) is 11.7 Å². The zero-order valence-electron chi connectivity index (χ0n) is 12.0. The van der Waals surface area contributed by atoms with E-state index in [1.807, 2.05) is 17.7 Å². The largest absolute Gasteiger partial charge is 0.309 e.